The topological polar surface area (TPSA) is 0 Å². The zero-order chi connectivity index (χ0) is 22.5. The first-order valence-corrected chi connectivity index (χ1v) is 11.5. The number of aryl methyl sites for hydroxylation is 1. The van der Waals surface area contributed by atoms with E-state index in [0.717, 1.165) is 38.2 Å². The quantitative estimate of drug-likeness (QED) is 0.285. The lowest BCUT2D eigenvalue weighted by molar-refractivity contribution is 0.258. The summed E-state index contributed by atoms with van der Waals surface area (Å²) in [7, 11) is 0. The molecule has 1 aliphatic rings. The average molecular weight is 439 g/mol. The molecule has 0 amide bonds. The van der Waals surface area contributed by atoms with Crippen LogP contribution < -0.4 is 0 Å². The van der Waals surface area contributed by atoms with Gasteiger partial charge in [-0.2, -0.15) is 0 Å². The van der Waals surface area contributed by atoms with E-state index in [9.17, 15) is 22.0 Å². The number of unbranched alkanes of at least 4 members (excludes halogenated alkanes) is 2. The minimum absolute atomic E-state index is 0.143. The van der Waals surface area contributed by atoms with Gasteiger partial charge in [0.1, 0.15) is 11.6 Å². The van der Waals surface area contributed by atoms with E-state index >= 15 is 0 Å². The Hall–Kier alpha value is -1.91. The molecule has 2 aromatic carbocycles. The second-order valence-corrected chi connectivity index (χ2v) is 8.81. The number of rotatable bonds is 8. The van der Waals surface area contributed by atoms with Crippen LogP contribution in [0.4, 0.5) is 22.0 Å². The molecule has 0 aromatic heterocycles. The van der Waals surface area contributed by atoms with Crippen molar-refractivity contribution in [1.82, 2.24) is 0 Å². The van der Waals surface area contributed by atoms with Gasteiger partial charge in [0.2, 0.25) is 0 Å². The molecule has 1 aliphatic carbocycles. The van der Waals surface area contributed by atoms with E-state index in [1.54, 1.807) is 0 Å². The average Bonchev–Trinajstić information content (AvgIpc) is 2.77. The number of hydrogen-bond donors (Lipinski definition) is 0. The Morgan fingerprint density at radius 2 is 1.58 bits per heavy atom. The van der Waals surface area contributed by atoms with Crippen molar-refractivity contribution in [2.45, 2.75) is 78.1 Å². The predicted octanol–water partition coefficient (Wildman–Crippen LogP) is 9.20. The molecule has 170 valence electrons. The van der Waals surface area contributed by atoms with Gasteiger partial charge in [0, 0.05) is 11.5 Å². The Kier molecular flexibility index (Phi) is 8.12. The molecule has 1 saturated carbocycles. The molecule has 0 N–H and O–H groups in total. The second-order valence-electron chi connectivity index (χ2n) is 8.81. The fraction of sp³-hybridized carbons (Fsp3) is 0.538. The summed E-state index contributed by atoms with van der Waals surface area (Å²) in [6.07, 6.45) is 8.22. The normalized spacial score (nSPS) is 20.2. The van der Waals surface area contributed by atoms with Gasteiger partial charge in [-0.1, -0.05) is 52.0 Å². The summed E-state index contributed by atoms with van der Waals surface area (Å²) in [6, 6.07) is 3.82. The smallest absolute Gasteiger partial charge is 0.169 e. The van der Waals surface area contributed by atoms with Crippen LogP contribution in [0.15, 0.2) is 24.0 Å². The summed E-state index contributed by atoms with van der Waals surface area (Å²) in [5, 5.41) is -0.484. The predicted molar refractivity (Wildman–Crippen MR) is 117 cm³/mol. The van der Waals surface area contributed by atoms with E-state index < -0.39 is 46.0 Å². The third-order valence-corrected chi connectivity index (χ3v) is 6.58. The van der Waals surface area contributed by atoms with Crippen LogP contribution in [-0.4, -0.2) is 0 Å². The van der Waals surface area contributed by atoms with E-state index in [0.29, 0.717) is 31.6 Å². The SMILES string of the molecule is CCCCCC1CCC(C(F)=C(F)c2ccc3cc(CCC)c(F)c(F)c3c2F)CC1. The Morgan fingerprint density at radius 3 is 2.23 bits per heavy atom. The molecule has 0 aliphatic heterocycles. The Balaban J connectivity index is 1.85. The molecule has 0 heterocycles. The van der Waals surface area contributed by atoms with Crippen molar-refractivity contribution in [3.8, 4) is 0 Å². The summed E-state index contributed by atoms with van der Waals surface area (Å²) in [5.74, 6) is -6.06. The fourth-order valence-electron chi connectivity index (χ4n) is 4.75. The molecule has 0 spiro atoms. The molecule has 1 fully saturated rings. The lowest BCUT2D eigenvalue weighted by Crippen LogP contribution is -2.15. The van der Waals surface area contributed by atoms with Gasteiger partial charge >= 0.3 is 0 Å². The first-order chi connectivity index (χ1) is 14.9. The van der Waals surface area contributed by atoms with Gasteiger partial charge in [0.15, 0.2) is 17.5 Å². The zero-order valence-corrected chi connectivity index (χ0v) is 18.3. The van der Waals surface area contributed by atoms with Crippen LogP contribution in [-0.2, 0) is 6.42 Å². The molecular formula is C26H31F5. The van der Waals surface area contributed by atoms with Crippen LogP contribution in [0.5, 0.6) is 0 Å². The number of hydrogen-bond acceptors (Lipinski definition) is 0. The van der Waals surface area contributed by atoms with E-state index in [1.165, 1.54) is 18.6 Å². The standard InChI is InChI=1S/C26H31F5/c1-3-5-6-8-16-9-11-17(12-10-16)22(27)25(30)20-14-13-18-15-19(7-4-2)23(28)26(31)21(18)24(20)29/h13-17H,3-12H2,1-2H3. The molecule has 0 unspecified atom stereocenters. The van der Waals surface area contributed by atoms with Crippen molar-refractivity contribution in [3.05, 3.63) is 52.6 Å². The molecule has 31 heavy (non-hydrogen) atoms. The number of halogens is 5. The first kappa shape index (κ1) is 23.7. The number of fused-ring (bicyclic) bond motifs is 1. The molecule has 0 nitrogen and oxygen atoms in total. The third-order valence-electron chi connectivity index (χ3n) is 6.58. The van der Waals surface area contributed by atoms with Crippen molar-refractivity contribution < 1.29 is 22.0 Å². The van der Waals surface area contributed by atoms with Crippen molar-refractivity contribution in [3.63, 3.8) is 0 Å². The minimum atomic E-state index is -1.35. The summed E-state index contributed by atoms with van der Waals surface area (Å²) in [6.45, 7) is 3.98. The van der Waals surface area contributed by atoms with Gasteiger partial charge < -0.3 is 0 Å². The molecular weight excluding hydrogens is 407 g/mol. The zero-order valence-electron chi connectivity index (χ0n) is 18.3. The van der Waals surface area contributed by atoms with Crippen LogP contribution in [0, 0.1) is 29.3 Å². The summed E-state index contributed by atoms with van der Waals surface area (Å²) < 4.78 is 73.7. The molecule has 0 atom stereocenters. The highest BCUT2D eigenvalue weighted by Gasteiger charge is 2.28. The van der Waals surface area contributed by atoms with Crippen molar-refractivity contribution in [1.29, 1.82) is 0 Å². The van der Waals surface area contributed by atoms with Crippen LogP contribution >= 0.6 is 0 Å². The highest BCUT2D eigenvalue weighted by Crippen LogP contribution is 2.40. The maximum Gasteiger partial charge on any atom is 0.169 e. The molecule has 0 saturated heterocycles. The van der Waals surface area contributed by atoms with E-state index in [2.05, 4.69) is 6.92 Å². The van der Waals surface area contributed by atoms with E-state index in [4.69, 9.17) is 0 Å². The fourth-order valence-corrected chi connectivity index (χ4v) is 4.75. The molecule has 0 radical (unpaired) electrons. The molecule has 3 rings (SSSR count). The van der Waals surface area contributed by atoms with E-state index in [1.807, 2.05) is 6.92 Å². The maximum atomic E-state index is 15.0. The summed E-state index contributed by atoms with van der Waals surface area (Å²) in [5.41, 5.74) is -0.492. The van der Waals surface area contributed by atoms with Crippen LogP contribution in [0.3, 0.4) is 0 Å². The maximum absolute atomic E-state index is 15.0. The van der Waals surface area contributed by atoms with Gasteiger partial charge in [0.25, 0.3) is 0 Å². The van der Waals surface area contributed by atoms with Gasteiger partial charge in [-0.25, -0.2) is 22.0 Å². The Bertz CT molecular complexity index is 939. The van der Waals surface area contributed by atoms with Gasteiger partial charge in [-0.15, -0.1) is 0 Å². The number of benzene rings is 2. The monoisotopic (exact) mass is 438 g/mol. The van der Waals surface area contributed by atoms with E-state index in [-0.39, 0.29) is 10.9 Å². The van der Waals surface area contributed by atoms with Crippen LogP contribution in [0.25, 0.3) is 16.6 Å². The number of allylic oxidation sites excluding steroid dienone is 1. The molecule has 5 heteroatoms. The van der Waals surface area contributed by atoms with Gasteiger partial charge in [-0.3, -0.25) is 0 Å². The Labute approximate surface area is 181 Å². The Morgan fingerprint density at radius 1 is 0.871 bits per heavy atom. The van der Waals surface area contributed by atoms with Crippen LogP contribution in [0.2, 0.25) is 0 Å². The highest BCUT2D eigenvalue weighted by molar-refractivity contribution is 5.88. The van der Waals surface area contributed by atoms with Gasteiger partial charge in [-0.05, 0) is 61.1 Å². The summed E-state index contributed by atoms with van der Waals surface area (Å²) in [4.78, 5) is 0. The van der Waals surface area contributed by atoms with Crippen molar-refractivity contribution >= 4 is 16.6 Å². The van der Waals surface area contributed by atoms with Gasteiger partial charge in [0.05, 0.1) is 5.39 Å². The summed E-state index contributed by atoms with van der Waals surface area (Å²) >= 11 is 0. The third kappa shape index (κ3) is 5.12. The minimum Gasteiger partial charge on any atom is -0.208 e. The largest absolute Gasteiger partial charge is 0.208 e. The molecule has 0 bridgehead atoms. The first-order valence-electron chi connectivity index (χ1n) is 11.5. The van der Waals surface area contributed by atoms with Crippen LogP contribution in [0.1, 0.15) is 82.8 Å². The van der Waals surface area contributed by atoms with Crippen molar-refractivity contribution in [2.75, 3.05) is 0 Å². The van der Waals surface area contributed by atoms with Crippen molar-refractivity contribution in [2.24, 2.45) is 11.8 Å². The lowest BCUT2D eigenvalue weighted by atomic mass is 9.79. The lowest BCUT2D eigenvalue weighted by Gasteiger charge is -2.28. The molecule has 2 aromatic rings. The highest BCUT2D eigenvalue weighted by atomic mass is 19.2. The second kappa shape index (κ2) is 10.6.